The van der Waals surface area contributed by atoms with Crippen LogP contribution in [0.15, 0.2) is 54.7 Å². The van der Waals surface area contributed by atoms with Crippen LogP contribution in [0.25, 0.3) is 10.9 Å². The molecule has 1 heterocycles. The third kappa shape index (κ3) is 4.21. The lowest BCUT2D eigenvalue weighted by atomic mass is 10.0. The first kappa shape index (κ1) is 20.3. The molecule has 6 heteroatoms. The van der Waals surface area contributed by atoms with Crippen molar-refractivity contribution in [2.75, 3.05) is 6.54 Å². The molecule has 0 saturated heterocycles. The molecule has 0 bridgehead atoms. The molecule has 1 amide bonds. The maximum Gasteiger partial charge on any atom is 0.268 e. The van der Waals surface area contributed by atoms with Crippen LogP contribution in [0.4, 0.5) is 0 Å². The van der Waals surface area contributed by atoms with Crippen LogP contribution in [0.3, 0.4) is 0 Å². The van der Waals surface area contributed by atoms with Crippen molar-refractivity contribution in [2.24, 2.45) is 12.8 Å². The van der Waals surface area contributed by atoms with Gasteiger partial charge in [-0.2, -0.15) is 0 Å². The summed E-state index contributed by atoms with van der Waals surface area (Å²) < 4.78 is 1.80. The molecule has 2 aromatic rings. The van der Waals surface area contributed by atoms with E-state index in [0.717, 1.165) is 16.5 Å². The Bertz CT molecular complexity index is 881. The minimum atomic E-state index is -0.224. The van der Waals surface area contributed by atoms with Gasteiger partial charge in [0, 0.05) is 18.0 Å². The van der Waals surface area contributed by atoms with Crippen molar-refractivity contribution in [3.8, 4) is 0 Å². The number of aryl methyl sites for hydroxylation is 1. The third-order valence-corrected chi connectivity index (χ3v) is 5.04. The molecule has 1 aromatic carbocycles. The Morgan fingerprint density at radius 1 is 1.42 bits per heavy atom. The average Bonchev–Trinajstić information content (AvgIpc) is 2.96. The van der Waals surface area contributed by atoms with Gasteiger partial charge in [-0.05, 0) is 43.7 Å². The smallest absolute Gasteiger partial charge is 0.268 e. The number of aromatic nitrogens is 1. The molecule has 4 nitrogen and oxygen atoms in total. The van der Waals surface area contributed by atoms with Crippen LogP contribution in [0.1, 0.15) is 23.8 Å². The number of hydrogen-bond acceptors (Lipinski definition) is 2. The number of fused-ring (bicyclic) bond motifs is 1. The summed E-state index contributed by atoms with van der Waals surface area (Å²) in [7, 11) is 1.82. The SMILES string of the molecule is C=C/C(=C\C=C/C)C(CCN)NC(=O)c1cc2c(Cl)c(Cl)ccc2n1C. The number of allylic oxidation sites excluding steroid dienone is 3. The fourth-order valence-electron chi connectivity index (χ4n) is 2.82. The van der Waals surface area contributed by atoms with E-state index >= 15 is 0 Å². The minimum absolute atomic E-state index is 0.206. The Morgan fingerprint density at radius 2 is 2.15 bits per heavy atom. The molecule has 0 saturated carbocycles. The van der Waals surface area contributed by atoms with E-state index in [2.05, 4.69) is 11.9 Å². The molecule has 0 spiro atoms. The van der Waals surface area contributed by atoms with Crippen LogP contribution >= 0.6 is 23.2 Å². The Hall–Kier alpha value is -2.01. The normalized spacial score (nSPS) is 13.3. The van der Waals surface area contributed by atoms with Gasteiger partial charge in [-0.15, -0.1) is 0 Å². The molecule has 1 atom stereocenters. The van der Waals surface area contributed by atoms with Crippen LogP contribution < -0.4 is 11.1 Å². The van der Waals surface area contributed by atoms with Crippen LogP contribution in [0, 0.1) is 0 Å². The summed E-state index contributed by atoms with van der Waals surface area (Å²) in [6.45, 7) is 6.21. The van der Waals surface area contributed by atoms with E-state index in [1.54, 1.807) is 22.8 Å². The Balaban J connectivity index is 2.38. The topological polar surface area (TPSA) is 60.0 Å². The Morgan fingerprint density at radius 3 is 2.77 bits per heavy atom. The summed E-state index contributed by atoms with van der Waals surface area (Å²) in [4.78, 5) is 12.9. The highest BCUT2D eigenvalue weighted by molar-refractivity contribution is 6.45. The van der Waals surface area contributed by atoms with Crippen molar-refractivity contribution in [1.29, 1.82) is 0 Å². The second-order valence-electron chi connectivity index (χ2n) is 5.88. The monoisotopic (exact) mass is 391 g/mol. The van der Waals surface area contributed by atoms with Crippen molar-refractivity contribution < 1.29 is 4.79 Å². The molecule has 3 N–H and O–H groups in total. The lowest BCUT2D eigenvalue weighted by Gasteiger charge is -2.19. The summed E-state index contributed by atoms with van der Waals surface area (Å²) in [5.74, 6) is -0.206. The van der Waals surface area contributed by atoms with Gasteiger partial charge in [-0.3, -0.25) is 4.79 Å². The number of nitrogens with one attached hydrogen (secondary N) is 1. The van der Waals surface area contributed by atoms with Gasteiger partial charge in [0.2, 0.25) is 0 Å². The molecular formula is C20H23Cl2N3O. The molecule has 138 valence electrons. The van der Waals surface area contributed by atoms with E-state index in [-0.39, 0.29) is 11.9 Å². The maximum atomic E-state index is 12.9. The number of amides is 1. The van der Waals surface area contributed by atoms with Crippen molar-refractivity contribution in [2.45, 2.75) is 19.4 Å². The Kier molecular flexibility index (Phi) is 7.09. The molecule has 0 aliphatic carbocycles. The molecular weight excluding hydrogens is 369 g/mol. The molecule has 26 heavy (non-hydrogen) atoms. The van der Waals surface area contributed by atoms with Crippen LogP contribution in [-0.4, -0.2) is 23.1 Å². The molecule has 0 fully saturated rings. The molecule has 2 rings (SSSR count). The lowest BCUT2D eigenvalue weighted by Crippen LogP contribution is -2.38. The number of carbonyl (C=O) groups excluding carboxylic acids is 1. The number of halogens is 2. The van der Waals surface area contributed by atoms with Crippen LogP contribution in [0.5, 0.6) is 0 Å². The van der Waals surface area contributed by atoms with Gasteiger partial charge in [0.15, 0.2) is 0 Å². The van der Waals surface area contributed by atoms with Gasteiger partial charge >= 0.3 is 0 Å². The first-order valence-corrected chi connectivity index (χ1v) is 9.09. The summed E-state index contributed by atoms with van der Waals surface area (Å²) in [6.07, 6.45) is 8.09. The lowest BCUT2D eigenvalue weighted by molar-refractivity contribution is 0.0934. The Labute approximate surface area is 164 Å². The molecule has 0 radical (unpaired) electrons. The van der Waals surface area contributed by atoms with E-state index in [4.69, 9.17) is 28.9 Å². The minimum Gasteiger partial charge on any atom is -0.344 e. The van der Waals surface area contributed by atoms with E-state index < -0.39 is 0 Å². The number of hydrogen-bond donors (Lipinski definition) is 2. The van der Waals surface area contributed by atoms with E-state index in [9.17, 15) is 4.79 Å². The summed E-state index contributed by atoms with van der Waals surface area (Å²) in [5, 5.41) is 4.69. The highest BCUT2D eigenvalue weighted by Crippen LogP contribution is 2.32. The predicted octanol–water partition coefficient (Wildman–Crippen LogP) is 4.62. The van der Waals surface area contributed by atoms with Crippen molar-refractivity contribution >= 4 is 40.0 Å². The molecule has 1 unspecified atom stereocenters. The van der Waals surface area contributed by atoms with Gasteiger partial charge < -0.3 is 15.6 Å². The summed E-state index contributed by atoms with van der Waals surface area (Å²) in [5.41, 5.74) is 7.97. The van der Waals surface area contributed by atoms with Crippen molar-refractivity contribution in [3.05, 3.63) is 70.4 Å². The largest absolute Gasteiger partial charge is 0.344 e. The quantitative estimate of drug-likeness (QED) is 0.676. The number of benzene rings is 1. The molecule has 1 aromatic heterocycles. The van der Waals surface area contributed by atoms with Gasteiger partial charge in [0.05, 0.1) is 16.1 Å². The first-order chi connectivity index (χ1) is 12.4. The van der Waals surface area contributed by atoms with Gasteiger partial charge in [-0.1, -0.05) is 54.1 Å². The number of rotatable bonds is 7. The number of carbonyl (C=O) groups is 1. The summed E-state index contributed by atoms with van der Waals surface area (Å²) >= 11 is 12.4. The molecule has 0 aliphatic heterocycles. The van der Waals surface area contributed by atoms with Gasteiger partial charge in [0.25, 0.3) is 5.91 Å². The highest BCUT2D eigenvalue weighted by atomic mass is 35.5. The number of nitrogens with two attached hydrogens (primary N) is 1. The first-order valence-electron chi connectivity index (χ1n) is 8.34. The fraction of sp³-hybridized carbons (Fsp3) is 0.250. The van der Waals surface area contributed by atoms with E-state index in [1.165, 1.54) is 0 Å². The average molecular weight is 392 g/mol. The van der Waals surface area contributed by atoms with Crippen LogP contribution in [-0.2, 0) is 7.05 Å². The summed E-state index contributed by atoms with van der Waals surface area (Å²) in [6, 6.07) is 5.10. The molecule has 0 aliphatic rings. The van der Waals surface area contributed by atoms with Gasteiger partial charge in [0.1, 0.15) is 5.69 Å². The predicted molar refractivity (Wildman–Crippen MR) is 111 cm³/mol. The van der Waals surface area contributed by atoms with Gasteiger partial charge in [-0.25, -0.2) is 0 Å². The van der Waals surface area contributed by atoms with Crippen molar-refractivity contribution in [1.82, 2.24) is 9.88 Å². The standard InChI is InChI=1S/C20H23Cl2N3O/c1-4-6-7-13(5-2)16(10-11-23)24-20(26)18-12-14-17(25(18)3)9-8-15(21)19(14)22/h4-9,12,16H,2,10-11,23H2,1,3H3,(H,24,26)/b6-4-,13-7+. The van der Waals surface area contributed by atoms with E-state index in [1.807, 2.05) is 38.3 Å². The second-order valence-corrected chi connectivity index (χ2v) is 6.67. The van der Waals surface area contributed by atoms with Crippen LogP contribution in [0.2, 0.25) is 10.0 Å². The second kappa shape index (κ2) is 9.08. The van der Waals surface area contributed by atoms with E-state index in [0.29, 0.717) is 28.7 Å². The highest BCUT2D eigenvalue weighted by Gasteiger charge is 2.20. The zero-order valence-corrected chi connectivity index (χ0v) is 16.4. The zero-order valence-electron chi connectivity index (χ0n) is 14.9. The zero-order chi connectivity index (χ0) is 19.3. The number of nitrogens with zero attached hydrogens (tertiary/aromatic N) is 1. The third-order valence-electron chi connectivity index (χ3n) is 4.23. The van der Waals surface area contributed by atoms with Crippen molar-refractivity contribution in [3.63, 3.8) is 0 Å². The maximum absolute atomic E-state index is 12.9. The fourth-order valence-corrected chi connectivity index (χ4v) is 3.20.